The van der Waals surface area contributed by atoms with Crippen molar-refractivity contribution in [1.29, 1.82) is 0 Å². The maximum absolute atomic E-state index is 12.4. The highest BCUT2D eigenvalue weighted by molar-refractivity contribution is 5.91. The summed E-state index contributed by atoms with van der Waals surface area (Å²) in [5, 5.41) is 11.2. The number of ketones is 1. The van der Waals surface area contributed by atoms with Crippen molar-refractivity contribution >= 4 is 5.78 Å². The first-order valence-electron chi connectivity index (χ1n) is 11.8. The Kier molecular flexibility index (Phi) is 2.28. The van der Waals surface area contributed by atoms with Crippen molar-refractivity contribution < 1.29 is 18.1 Å². The summed E-state index contributed by atoms with van der Waals surface area (Å²) in [6.45, 7) is 2.00. The van der Waals surface area contributed by atoms with Gasteiger partial charge in [0.15, 0.2) is 5.78 Å². The third-order valence-corrected chi connectivity index (χ3v) is 7.12. The van der Waals surface area contributed by atoms with Gasteiger partial charge in [-0.2, -0.15) is 0 Å². The molecule has 0 aromatic heterocycles. The summed E-state index contributed by atoms with van der Waals surface area (Å²) in [6.07, 6.45) is 3.91. The zero-order chi connectivity index (χ0) is 21.6. The summed E-state index contributed by atoms with van der Waals surface area (Å²) in [4.78, 5) is 12.4. The minimum Gasteiger partial charge on any atom is -0.377 e. The molecule has 0 bridgehead atoms. The van der Waals surface area contributed by atoms with E-state index in [1.165, 1.54) is 0 Å². The number of carbonyl (C=O) groups is 1. The predicted octanol–water partition coefficient (Wildman–Crippen LogP) is 3.88. The monoisotopic (exact) mass is 318 g/mol. The molecule has 2 nitrogen and oxygen atoms in total. The van der Waals surface area contributed by atoms with Crippen molar-refractivity contribution in [2.45, 2.75) is 70.2 Å². The van der Waals surface area contributed by atoms with Crippen LogP contribution in [0.5, 0.6) is 0 Å². The number of allylic oxidation sites excluding steroid dienone is 1. The van der Waals surface area contributed by atoms with Crippen LogP contribution < -0.4 is 0 Å². The van der Waals surface area contributed by atoms with Crippen LogP contribution in [0.2, 0.25) is 0 Å². The summed E-state index contributed by atoms with van der Waals surface area (Å²) < 4.78 is 51.0. The van der Waals surface area contributed by atoms with Gasteiger partial charge in [0.05, 0.1) is 1.37 Å². The van der Waals surface area contributed by atoms with Gasteiger partial charge >= 0.3 is 0 Å². The Balaban J connectivity index is 1.86. The van der Waals surface area contributed by atoms with Gasteiger partial charge in [0.25, 0.3) is 0 Å². The van der Waals surface area contributed by atoms with E-state index in [1.54, 1.807) is 0 Å². The molecule has 0 aromatic carbocycles. The molecule has 4 aliphatic carbocycles. The van der Waals surface area contributed by atoms with E-state index < -0.39 is 47.9 Å². The van der Waals surface area contributed by atoms with Crippen LogP contribution in [-0.4, -0.2) is 16.5 Å². The van der Waals surface area contributed by atoms with Gasteiger partial charge in [-0.05, 0) is 81.0 Å². The molecule has 6 atom stereocenters. The standard InChI is InChI=1S/C21H28O2/c1-3-20-11-9-17-16-8-6-15(22)13-14(16)5-7-18(17)19(20)10-12-21(20,23)4-2/h2,13,16-19,23H,3,5-12H2,1H3/t16-,17+,18+,19-,20+,21-/m0/s1/i5D2,6D2,13D,16D. The number of rotatable bonds is 1. The maximum Gasteiger partial charge on any atom is 0.155 e. The molecule has 0 aliphatic heterocycles. The van der Waals surface area contributed by atoms with E-state index in [1.807, 2.05) is 6.92 Å². The average Bonchev–Trinajstić information content (AvgIpc) is 2.93. The highest BCUT2D eigenvalue weighted by atomic mass is 16.3. The molecule has 4 rings (SSSR count). The highest BCUT2D eigenvalue weighted by Gasteiger charge is 2.63. The van der Waals surface area contributed by atoms with Crippen molar-refractivity contribution in [3.05, 3.63) is 11.6 Å². The van der Waals surface area contributed by atoms with Gasteiger partial charge in [0.1, 0.15) is 5.60 Å². The Hall–Kier alpha value is -1.07. The predicted molar refractivity (Wildman–Crippen MR) is 90.5 cm³/mol. The zero-order valence-corrected chi connectivity index (χ0v) is 13.6. The molecule has 3 fully saturated rings. The second-order valence-electron chi connectivity index (χ2n) is 7.56. The van der Waals surface area contributed by atoms with E-state index in [-0.39, 0.29) is 29.7 Å². The minimum absolute atomic E-state index is 0.0520. The molecule has 0 radical (unpaired) electrons. The lowest BCUT2D eigenvalue weighted by molar-refractivity contribution is -0.117. The number of carbonyl (C=O) groups excluding carboxylic acids is 1. The molecule has 0 aromatic rings. The SMILES string of the molecule is [2H]C1=C2C([2H])([2H])C[C@H]3[C@@H]4CC[C@@](O)(C#C)[C@]4(CC)CC[C@@H]3[C@@]2([2H])CC([2H])([2H])C1=O. The van der Waals surface area contributed by atoms with Gasteiger partial charge in [-0.1, -0.05) is 18.4 Å². The van der Waals surface area contributed by atoms with Gasteiger partial charge in [0, 0.05) is 18.6 Å². The Labute approximate surface area is 148 Å². The Bertz CT molecular complexity index is 845. The highest BCUT2D eigenvalue weighted by Crippen LogP contribution is 2.66. The lowest BCUT2D eigenvalue weighted by Crippen LogP contribution is -2.53. The van der Waals surface area contributed by atoms with Crippen molar-refractivity contribution in [2.75, 3.05) is 0 Å². The minimum atomic E-state index is -2.34. The van der Waals surface area contributed by atoms with Crippen molar-refractivity contribution in [1.82, 2.24) is 0 Å². The zero-order valence-electron chi connectivity index (χ0n) is 19.6. The van der Waals surface area contributed by atoms with Gasteiger partial charge in [0.2, 0.25) is 0 Å². The van der Waals surface area contributed by atoms with Crippen LogP contribution >= 0.6 is 0 Å². The molecule has 0 heterocycles. The number of terminal acetylenes is 1. The topological polar surface area (TPSA) is 37.3 Å². The summed E-state index contributed by atoms with van der Waals surface area (Å²) in [5.41, 5.74) is -1.91. The molecule has 124 valence electrons. The first-order valence-corrected chi connectivity index (χ1v) is 8.76. The van der Waals surface area contributed by atoms with Crippen LogP contribution in [0.15, 0.2) is 11.6 Å². The van der Waals surface area contributed by atoms with Crippen molar-refractivity contribution in [3.8, 4) is 12.3 Å². The van der Waals surface area contributed by atoms with Gasteiger partial charge < -0.3 is 5.11 Å². The molecule has 2 heteroatoms. The Morgan fingerprint density at radius 1 is 1.39 bits per heavy atom. The van der Waals surface area contributed by atoms with Crippen LogP contribution in [-0.2, 0) is 4.79 Å². The molecule has 0 spiro atoms. The van der Waals surface area contributed by atoms with Gasteiger partial charge in [-0.15, -0.1) is 6.42 Å². The fourth-order valence-corrected chi connectivity index (χ4v) is 5.98. The average molecular weight is 318 g/mol. The van der Waals surface area contributed by atoms with E-state index in [9.17, 15) is 11.3 Å². The fraction of sp³-hybridized carbons (Fsp3) is 0.762. The Morgan fingerprint density at radius 3 is 2.96 bits per heavy atom. The summed E-state index contributed by atoms with van der Waals surface area (Å²) >= 11 is 0. The molecule has 0 amide bonds. The molecule has 3 saturated carbocycles. The first-order chi connectivity index (χ1) is 13.3. The van der Waals surface area contributed by atoms with E-state index in [2.05, 4.69) is 5.92 Å². The number of aliphatic hydroxyl groups is 1. The molecular weight excluding hydrogens is 284 g/mol. The second-order valence-corrected chi connectivity index (χ2v) is 7.56. The lowest BCUT2D eigenvalue weighted by Gasteiger charge is -2.55. The van der Waals surface area contributed by atoms with E-state index in [4.69, 9.17) is 13.3 Å². The second kappa shape index (κ2) is 5.21. The third-order valence-electron chi connectivity index (χ3n) is 7.12. The largest absolute Gasteiger partial charge is 0.377 e. The van der Waals surface area contributed by atoms with Crippen LogP contribution in [0.3, 0.4) is 0 Å². The molecule has 0 unspecified atom stereocenters. The normalized spacial score (nSPS) is 60.6. The quantitative estimate of drug-likeness (QED) is 0.745. The Morgan fingerprint density at radius 2 is 2.22 bits per heavy atom. The van der Waals surface area contributed by atoms with Gasteiger partial charge in [-0.3, -0.25) is 4.79 Å². The number of hydrogen-bond donors (Lipinski definition) is 1. The number of hydrogen-bond acceptors (Lipinski definition) is 2. The molecule has 0 saturated heterocycles. The number of fused-ring (bicyclic) bond motifs is 5. The van der Waals surface area contributed by atoms with E-state index in [0.29, 0.717) is 32.1 Å². The lowest BCUT2D eigenvalue weighted by atomic mass is 9.49. The smallest absolute Gasteiger partial charge is 0.155 e. The van der Waals surface area contributed by atoms with Crippen molar-refractivity contribution in [3.63, 3.8) is 0 Å². The fourth-order valence-electron chi connectivity index (χ4n) is 5.98. The van der Waals surface area contributed by atoms with E-state index >= 15 is 0 Å². The van der Waals surface area contributed by atoms with Crippen LogP contribution in [0.25, 0.3) is 0 Å². The first kappa shape index (κ1) is 10.0. The molecule has 23 heavy (non-hydrogen) atoms. The van der Waals surface area contributed by atoms with Crippen LogP contribution in [0.1, 0.15) is 72.8 Å². The van der Waals surface area contributed by atoms with Gasteiger partial charge in [-0.25, -0.2) is 0 Å². The molecular formula is C21H28O2. The van der Waals surface area contributed by atoms with Crippen molar-refractivity contribution in [2.24, 2.45) is 29.1 Å². The molecule has 1 N–H and O–H groups in total. The molecule has 4 aliphatic rings. The maximum atomic E-state index is 12.4. The van der Waals surface area contributed by atoms with Crippen LogP contribution in [0.4, 0.5) is 0 Å². The summed E-state index contributed by atoms with van der Waals surface area (Å²) in [6, 6.07) is -0.654. The summed E-state index contributed by atoms with van der Waals surface area (Å²) in [7, 11) is 0. The third kappa shape index (κ3) is 1.96. The van der Waals surface area contributed by atoms with E-state index in [0.717, 1.165) is 0 Å². The summed E-state index contributed by atoms with van der Waals surface area (Å²) in [5.74, 6) is -0.673. The van der Waals surface area contributed by atoms with Crippen LogP contribution in [0, 0.1) is 41.4 Å².